The number of furan rings is 1. The van der Waals surface area contributed by atoms with Gasteiger partial charge in [0, 0.05) is 6.92 Å². The lowest BCUT2D eigenvalue weighted by molar-refractivity contribution is -0.672. The molecule has 25 heavy (non-hydrogen) atoms. The van der Waals surface area contributed by atoms with Gasteiger partial charge in [-0.1, -0.05) is 18.2 Å². The van der Waals surface area contributed by atoms with Gasteiger partial charge in [0.1, 0.15) is 12.8 Å². The van der Waals surface area contributed by atoms with E-state index in [2.05, 4.69) is 0 Å². The van der Waals surface area contributed by atoms with Crippen LogP contribution in [-0.4, -0.2) is 9.85 Å². The third kappa shape index (κ3) is 2.63. The summed E-state index contributed by atoms with van der Waals surface area (Å²) in [7, 11) is 1.57. The first-order valence-corrected chi connectivity index (χ1v) is 7.38. The summed E-state index contributed by atoms with van der Waals surface area (Å²) >= 11 is 0. The summed E-state index contributed by atoms with van der Waals surface area (Å²) in [5.41, 5.74) is 0.322. The summed E-state index contributed by atoms with van der Waals surface area (Å²) in [6.45, 7) is 1.56. The molecule has 0 amide bonds. The van der Waals surface area contributed by atoms with Gasteiger partial charge in [-0.2, -0.15) is 4.57 Å². The van der Waals surface area contributed by atoms with Crippen LogP contribution in [-0.2, 0) is 7.05 Å². The van der Waals surface area contributed by atoms with Crippen molar-refractivity contribution in [3.8, 4) is 22.6 Å². The second-order valence-electron chi connectivity index (χ2n) is 5.42. The van der Waals surface area contributed by atoms with Crippen molar-refractivity contribution in [2.75, 3.05) is 0 Å². The smallest absolute Gasteiger partial charge is 0.358 e. The molecule has 0 N–H and O–H groups in total. The molecule has 0 spiro atoms. The van der Waals surface area contributed by atoms with Gasteiger partial charge in [0.15, 0.2) is 5.56 Å². The molecule has 0 saturated carbocycles. The normalized spacial score (nSPS) is 10.6. The first kappa shape index (κ1) is 16.3. The quantitative estimate of drug-likeness (QED) is 0.410. The van der Waals surface area contributed by atoms with E-state index in [1.54, 1.807) is 44.3 Å². The van der Waals surface area contributed by atoms with E-state index >= 15 is 0 Å². The van der Waals surface area contributed by atoms with Crippen LogP contribution in [0.1, 0.15) is 5.69 Å². The van der Waals surface area contributed by atoms with Gasteiger partial charge in [0.2, 0.25) is 0 Å². The highest BCUT2D eigenvalue weighted by Gasteiger charge is 2.42. The van der Waals surface area contributed by atoms with E-state index in [1.165, 1.54) is 23.0 Å². The van der Waals surface area contributed by atoms with Crippen molar-refractivity contribution in [1.29, 1.82) is 0 Å². The Bertz CT molecular complexity index is 966. The Hall–Kier alpha value is -3.55. The molecule has 0 aliphatic carbocycles. The molecular weight excluding hydrogens is 326 g/mol. The summed E-state index contributed by atoms with van der Waals surface area (Å²) in [5.74, 6) is 0.0827. The van der Waals surface area contributed by atoms with E-state index in [4.69, 9.17) is 4.42 Å². The molecule has 0 atom stereocenters. The van der Waals surface area contributed by atoms with Crippen molar-refractivity contribution in [3.63, 3.8) is 0 Å². The largest absolute Gasteiger partial charge is 0.464 e. The zero-order valence-corrected chi connectivity index (χ0v) is 13.5. The number of hydrogen-bond acceptors (Lipinski definition) is 5. The predicted octanol–water partition coefficient (Wildman–Crippen LogP) is 3.56. The molecule has 0 unspecified atom stereocenters. The van der Waals surface area contributed by atoms with Crippen molar-refractivity contribution in [2.24, 2.45) is 7.05 Å². The van der Waals surface area contributed by atoms with Gasteiger partial charge < -0.3 is 4.42 Å². The van der Waals surface area contributed by atoms with E-state index in [1.807, 2.05) is 0 Å². The van der Waals surface area contributed by atoms with Gasteiger partial charge in [-0.05, 0) is 24.3 Å². The van der Waals surface area contributed by atoms with Crippen molar-refractivity contribution in [1.82, 2.24) is 0 Å². The Morgan fingerprint density at radius 1 is 0.960 bits per heavy atom. The fourth-order valence-corrected chi connectivity index (χ4v) is 2.88. The van der Waals surface area contributed by atoms with Gasteiger partial charge >= 0.3 is 11.4 Å². The van der Waals surface area contributed by atoms with Crippen LogP contribution in [0.2, 0.25) is 0 Å². The summed E-state index contributed by atoms with van der Waals surface area (Å²) in [6.07, 6.45) is 1.33. The lowest BCUT2D eigenvalue weighted by atomic mass is 10.0. The van der Waals surface area contributed by atoms with Gasteiger partial charge in [-0.3, -0.25) is 20.2 Å². The summed E-state index contributed by atoms with van der Waals surface area (Å²) in [5, 5.41) is 23.5. The molecule has 0 aliphatic heterocycles. The van der Waals surface area contributed by atoms with Crippen LogP contribution in [0.15, 0.2) is 53.1 Å². The molecule has 0 bridgehead atoms. The van der Waals surface area contributed by atoms with Crippen LogP contribution in [0.5, 0.6) is 0 Å². The summed E-state index contributed by atoms with van der Waals surface area (Å²) in [4.78, 5) is 22.3. The van der Waals surface area contributed by atoms with E-state index in [0.29, 0.717) is 11.3 Å². The van der Waals surface area contributed by atoms with Gasteiger partial charge in [0.05, 0.1) is 21.7 Å². The zero-order chi connectivity index (χ0) is 18.1. The molecule has 0 radical (unpaired) electrons. The molecule has 0 saturated heterocycles. The average molecular weight is 340 g/mol. The Kier molecular flexibility index (Phi) is 4.02. The van der Waals surface area contributed by atoms with E-state index < -0.39 is 9.85 Å². The van der Waals surface area contributed by atoms with Crippen molar-refractivity contribution < 1.29 is 18.8 Å². The number of nitro groups is 2. The first-order valence-electron chi connectivity index (χ1n) is 7.38. The molecule has 3 aromatic rings. The minimum absolute atomic E-state index is 0.0827. The predicted molar refractivity (Wildman–Crippen MR) is 88.8 cm³/mol. The molecule has 0 fully saturated rings. The first-order chi connectivity index (χ1) is 11.9. The summed E-state index contributed by atoms with van der Waals surface area (Å²) < 4.78 is 6.74. The molecule has 3 rings (SSSR count). The molecule has 8 nitrogen and oxygen atoms in total. The molecular formula is C17H14N3O5+. The topological polar surface area (TPSA) is 103 Å². The number of hydrogen-bond donors (Lipinski definition) is 0. The van der Waals surface area contributed by atoms with Crippen LogP contribution in [0, 0.1) is 27.2 Å². The maximum absolute atomic E-state index is 11.9. The van der Waals surface area contributed by atoms with E-state index in [9.17, 15) is 20.2 Å². The minimum atomic E-state index is -0.616. The number of nitrogens with zero attached hydrogens (tertiary/aromatic N) is 3. The van der Waals surface area contributed by atoms with Crippen LogP contribution < -0.4 is 4.57 Å². The van der Waals surface area contributed by atoms with Crippen LogP contribution in [0.25, 0.3) is 22.6 Å². The number of pyridine rings is 1. The molecule has 0 aliphatic rings. The lowest BCUT2D eigenvalue weighted by Crippen LogP contribution is -2.36. The number of aromatic nitrogens is 1. The van der Waals surface area contributed by atoms with Crippen LogP contribution in [0.4, 0.5) is 11.4 Å². The SMILES string of the molecule is Cc1c([N+](=O)[O-])c(-c2ccco2)c([N+](=O)[O-])c(-c2ccccc2)[n+]1C. The highest BCUT2D eigenvalue weighted by molar-refractivity contribution is 5.86. The van der Waals surface area contributed by atoms with Crippen LogP contribution >= 0.6 is 0 Å². The second kappa shape index (κ2) is 6.16. The fourth-order valence-electron chi connectivity index (χ4n) is 2.88. The standard InChI is InChI=1S/C17H14N3O5/c1-11-15(19(21)22)14(13-9-6-10-25-13)17(20(23)24)16(18(11)2)12-7-4-3-5-8-12/h3-10H,1-2H3/q+1. The zero-order valence-electron chi connectivity index (χ0n) is 13.5. The van der Waals surface area contributed by atoms with Crippen molar-refractivity contribution >= 4 is 11.4 Å². The Morgan fingerprint density at radius 2 is 1.60 bits per heavy atom. The molecule has 8 heteroatoms. The van der Waals surface area contributed by atoms with Crippen molar-refractivity contribution in [2.45, 2.75) is 6.92 Å². The average Bonchev–Trinajstić information content (AvgIpc) is 3.11. The Balaban J connectivity index is 2.54. The van der Waals surface area contributed by atoms with Crippen molar-refractivity contribution in [3.05, 3.63) is 74.7 Å². The van der Waals surface area contributed by atoms with Gasteiger partial charge in [-0.25, -0.2) is 0 Å². The fraction of sp³-hybridized carbons (Fsp3) is 0.118. The molecule has 1 aromatic carbocycles. The maximum atomic E-state index is 11.9. The molecule has 2 heterocycles. The van der Waals surface area contributed by atoms with Crippen LogP contribution in [0.3, 0.4) is 0 Å². The Labute approximate surface area is 142 Å². The number of rotatable bonds is 4. The number of benzene rings is 1. The molecule has 126 valence electrons. The minimum Gasteiger partial charge on any atom is -0.464 e. The second-order valence-corrected chi connectivity index (χ2v) is 5.42. The lowest BCUT2D eigenvalue weighted by Gasteiger charge is -2.08. The monoisotopic (exact) mass is 340 g/mol. The Morgan fingerprint density at radius 3 is 2.12 bits per heavy atom. The van der Waals surface area contributed by atoms with Gasteiger partial charge in [-0.15, -0.1) is 0 Å². The van der Waals surface area contributed by atoms with E-state index in [-0.39, 0.29) is 28.4 Å². The third-order valence-corrected chi connectivity index (χ3v) is 4.06. The highest BCUT2D eigenvalue weighted by atomic mass is 16.6. The van der Waals surface area contributed by atoms with Gasteiger partial charge in [0.25, 0.3) is 11.4 Å². The summed E-state index contributed by atoms with van der Waals surface area (Å²) in [6, 6.07) is 11.8. The third-order valence-electron chi connectivity index (χ3n) is 4.06. The highest BCUT2D eigenvalue weighted by Crippen LogP contribution is 2.43. The molecule has 2 aromatic heterocycles. The maximum Gasteiger partial charge on any atom is 0.358 e. The van der Waals surface area contributed by atoms with E-state index in [0.717, 1.165) is 0 Å².